The Kier molecular flexibility index (Phi) is 9.31. The molecule has 2 aromatic heterocycles. The monoisotopic (exact) mass is 616 g/mol. The molecule has 0 radical (unpaired) electrons. The van der Waals surface area contributed by atoms with Gasteiger partial charge in [0.25, 0.3) is 0 Å². The van der Waals surface area contributed by atoms with Gasteiger partial charge in [-0.1, -0.05) is 6.07 Å². The van der Waals surface area contributed by atoms with E-state index in [-0.39, 0.29) is 29.8 Å². The second-order valence-corrected chi connectivity index (χ2v) is 11.9. The third-order valence-corrected chi connectivity index (χ3v) is 9.23. The number of pyridine rings is 1. The number of hydrogen-bond acceptors (Lipinski definition) is 7. The lowest BCUT2D eigenvalue weighted by Gasteiger charge is -2.24. The molecule has 1 N–H and O–H groups in total. The number of aromatic nitrogens is 2. The van der Waals surface area contributed by atoms with E-state index < -0.39 is 33.3 Å². The van der Waals surface area contributed by atoms with Gasteiger partial charge in [-0.25, -0.2) is 27.3 Å². The third kappa shape index (κ3) is 6.38. The summed E-state index contributed by atoms with van der Waals surface area (Å²) in [5.74, 6) is -2.28. The Morgan fingerprint density at radius 3 is 2.69 bits per heavy atom. The fraction of sp³-hybridized carbons (Fsp3) is 0.276. The highest BCUT2D eigenvalue weighted by atomic mass is 32.2. The van der Waals surface area contributed by atoms with Crippen LogP contribution in [-0.4, -0.2) is 47.1 Å². The maximum Gasteiger partial charge on any atom is 0.222 e. The molecule has 3 heterocycles. The highest BCUT2D eigenvalue weighted by molar-refractivity contribution is 7.86. The van der Waals surface area contributed by atoms with Gasteiger partial charge in [-0.2, -0.15) is 0 Å². The number of nitrogens with one attached hydrogen (secondary N) is 1. The summed E-state index contributed by atoms with van der Waals surface area (Å²) in [6.07, 6.45) is 3.08. The van der Waals surface area contributed by atoms with E-state index in [2.05, 4.69) is 10.3 Å². The van der Waals surface area contributed by atoms with Gasteiger partial charge in [-0.3, -0.25) is 9.10 Å². The van der Waals surface area contributed by atoms with Crippen LogP contribution in [0.5, 0.6) is 0 Å². The van der Waals surface area contributed by atoms with Crippen molar-refractivity contribution in [2.45, 2.75) is 30.6 Å². The number of benzene rings is 2. The first-order chi connectivity index (χ1) is 20.3. The van der Waals surface area contributed by atoms with Crippen molar-refractivity contribution in [3.8, 4) is 21.7 Å². The molecule has 2 aromatic carbocycles. The summed E-state index contributed by atoms with van der Waals surface area (Å²) in [6, 6.07) is 10.5. The van der Waals surface area contributed by atoms with Crippen LogP contribution in [0.1, 0.15) is 30.7 Å². The van der Waals surface area contributed by atoms with E-state index in [1.807, 2.05) is 0 Å². The Morgan fingerprint density at radius 1 is 1.17 bits per heavy atom. The Hall–Kier alpha value is -3.65. The quantitative estimate of drug-likeness (QED) is 0.223. The summed E-state index contributed by atoms with van der Waals surface area (Å²) >= 11 is 1.42. The van der Waals surface area contributed by atoms with Crippen LogP contribution in [0.25, 0.3) is 21.7 Å². The minimum absolute atomic E-state index is 0.118. The number of thiazole rings is 1. The number of nitrogens with zero attached hydrogens (tertiary/aromatic N) is 3. The number of methoxy groups -OCH3 is 1. The molecule has 0 saturated carbocycles. The van der Waals surface area contributed by atoms with Crippen molar-refractivity contribution in [3.63, 3.8) is 0 Å². The maximum atomic E-state index is 16.5. The van der Waals surface area contributed by atoms with Gasteiger partial charge in [-0.05, 0) is 60.9 Å². The summed E-state index contributed by atoms with van der Waals surface area (Å²) in [5.41, 5.74) is 0.994. The number of anilines is 2. The average molecular weight is 617 g/mol. The Labute approximate surface area is 247 Å². The molecular weight excluding hydrogens is 589 g/mol. The second-order valence-electron chi connectivity index (χ2n) is 9.49. The van der Waals surface area contributed by atoms with Gasteiger partial charge in [0.1, 0.15) is 24.2 Å². The molecule has 0 spiro atoms. The molecule has 4 aromatic rings. The summed E-state index contributed by atoms with van der Waals surface area (Å²) < 4.78 is 70.1. The highest BCUT2D eigenvalue weighted by Crippen LogP contribution is 2.43. The lowest BCUT2D eigenvalue weighted by molar-refractivity contribution is -0.114. The molecule has 8 nitrogen and oxygen atoms in total. The van der Waals surface area contributed by atoms with Crippen molar-refractivity contribution in [2.24, 2.45) is 0 Å². The lowest BCUT2D eigenvalue weighted by Crippen LogP contribution is -2.29. The van der Waals surface area contributed by atoms with Gasteiger partial charge in [0.2, 0.25) is 5.91 Å². The SMILES string of the molecule is COCN(c1cccc(-c2nc(C3CCOCC3)sc2-c2ccnc(NC(C)=O)c2)c1F)S(=O)c1cc(F)ccc1F. The van der Waals surface area contributed by atoms with Gasteiger partial charge >= 0.3 is 0 Å². The zero-order chi connectivity index (χ0) is 29.8. The van der Waals surface area contributed by atoms with Crippen LogP contribution < -0.4 is 9.62 Å². The van der Waals surface area contributed by atoms with E-state index in [1.54, 1.807) is 30.5 Å². The lowest BCUT2D eigenvalue weighted by atomic mass is 10.0. The largest absolute Gasteiger partial charge is 0.381 e. The molecule has 1 saturated heterocycles. The zero-order valence-corrected chi connectivity index (χ0v) is 24.4. The third-order valence-electron chi connectivity index (χ3n) is 6.57. The fourth-order valence-corrected chi connectivity index (χ4v) is 7.06. The highest BCUT2D eigenvalue weighted by Gasteiger charge is 2.28. The van der Waals surface area contributed by atoms with Gasteiger partial charge < -0.3 is 14.8 Å². The van der Waals surface area contributed by atoms with E-state index in [1.165, 1.54) is 31.4 Å². The number of carbonyl (C=O) groups excluding carboxylic acids is 1. The molecule has 13 heteroatoms. The molecule has 1 aliphatic heterocycles. The topological polar surface area (TPSA) is 93.7 Å². The normalized spacial score (nSPS) is 14.5. The zero-order valence-electron chi connectivity index (χ0n) is 22.7. The fourth-order valence-electron chi connectivity index (χ4n) is 4.60. The van der Waals surface area contributed by atoms with E-state index in [4.69, 9.17) is 14.5 Å². The van der Waals surface area contributed by atoms with Crippen molar-refractivity contribution in [2.75, 3.05) is 36.7 Å². The average Bonchev–Trinajstić information content (AvgIpc) is 3.43. The number of hydrogen-bond donors (Lipinski definition) is 1. The molecule has 1 aliphatic rings. The summed E-state index contributed by atoms with van der Waals surface area (Å²) in [6.45, 7) is 2.19. The van der Waals surface area contributed by atoms with Crippen LogP contribution in [0, 0.1) is 17.5 Å². The van der Waals surface area contributed by atoms with E-state index in [0.29, 0.717) is 35.2 Å². The molecule has 42 heavy (non-hydrogen) atoms. The number of amides is 1. The van der Waals surface area contributed by atoms with Crippen LogP contribution in [0.3, 0.4) is 0 Å². The van der Waals surface area contributed by atoms with Crippen molar-refractivity contribution in [1.82, 2.24) is 9.97 Å². The van der Waals surface area contributed by atoms with Crippen molar-refractivity contribution in [1.29, 1.82) is 0 Å². The van der Waals surface area contributed by atoms with Crippen LogP contribution in [0.4, 0.5) is 24.7 Å². The molecular formula is C29H27F3N4O4S2. The van der Waals surface area contributed by atoms with Crippen molar-refractivity contribution < 1.29 is 31.6 Å². The number of carbonyl (C=O) groups is 1. The second kappa shape index (κ2) is 13.1. The number of rotatable bonds is 9. The molecule has 1 unspecified atom stereocenters. The Bertz CT molecular complexity index is 1630. The Balaban J connectivity index is 1.63. The maximum absolute atomic E-state index is 16.5. The van der Waals surface area contributed by atoms with Crippen LogP contribution in [0.2, 0.25) is 0 Å². The molecule has 220 valence electrons. The first kappa shape index (κ1) is 29.8. The van der Waals surface area contributed by atoms with Gasteiger partial charge in [0.05, 0.1) is 26.2 Å². The molecule has 5 rings (SSSR count). The van der Waals surface area contributed by atoms with Gasteiger partial charge in [0, 0.05) is 44.9 Å². The predicted octanol–water partition coefficient (Wildman–Crippen LogP) is 6.27. The first-order valence-electron chi connectivity index (χ1n) is 13.0. The summed E-state index contributed by atoms with van der Waals surface area (Å²) in [5, 5.41) is 3.47. The number of ether oxygens (including phenoxy) is 2. The van der Waals surface area contributed by atoms with E-state index in [9.17, 15) is 17.8 Å². The molecule has 1 fully saturated rings. The minimum Gasteiger partial charge on any atom is -0.381 e. The van der Waals surface area contributed by atoms with E-state index >= 15 is 4.39 Å². The van der Waals surface area contributed by atoms with E-state index in [0.717, 1.165) is 40.4 Å². The first-order valence-corrected chi connectivity index (χ1v) is 14.9. The molecule has 0 bridgehead atoms. The van der Waals surface area contributed by atoms with Crippen LogP contribution in [-0.2, 0) is 25.3 Å². The van der Waals surface area contributed by atoms with Crippen LogP contribution >= 0.6 is 11.3 Å². The minimum atomic E-state index is -2.34. The molecule has 0 aliphatic carbocycles. The predicted molar refractivity (Wildman–Crippen MR) is 155 cm³/mol. The van der Waals surface area contributed by atoms with Gasteiger partial charge in [-0.15, -0.1) is 11.3 Å². The van der Waals surface area contributed by atoms with Crippen molar-refractivity contribution in [3.05, 3.63) is 77.2 Å². The standard InChI is InChI=1S/C29H27F3N4O4S2/c1-17(37)34-25-14-19(8-11-33-25)28-27(35-29(41-28)18-9-12-40-13-10-18)21-4-3-5-23(26(21)32)36(16-39-2)42(38)24-15-20(30)6-7-22(24)31/h3-8,11,14-15,18H,9-10,12-13,16H2,1-2H3,(H,33,34,37). The number of halogens is 3. The Morgan fingerprint density at radius 2 is 1.95 bits per heavy atom. The van der Waals surface area contributed by atoms with Crippen molar-refractivity contribution >= 4 is 39.7 Å². The molecule has 1 atom stereocenters. The summed E-state index contributed by atoms with van der Waals surface area (Å²) in [7, 11) is -1.02. The smallest absolute Gasteiger partial charge is 0.222 e. The summed E-state index contributed by atoms with van der Waals surface area (Å²) in [4.78, 5) is 20.9. The molecule has 1 amide bonds. The van der Waals surface area contributed by atoms with Crippen LogP contribution in [0.15, 0.2) is 59.6 Å². The van der Waals surface area contributed by atoms with Gasteiger partial charge in [0.15, 0.2) is 16.8 Å².